The van der Waals surface area contributed by atoms with Crippen molar-refractivity contribution in [2.24, 2.45) is 5.92 Å². The number of piperidine rings is 1. The number of carbonyl (C=O) groups excluding carboxylic acids is 2. The average molecular weight is 328 g/mol. The van der Waals surface area contributed by atoms with E-state index in [1.165, 1.54) is 30.4 Å². The van der Waals surface area contributed by atoms with Crippen molar-refractivity contribution in [1.29, 1.82) is 0 Å². The Balaban J connectivity index is 1.50. The highest BCUT2D eigenvalue weighted by molar-refractivity contribution is 5.79. The predicted octanol–water partition coefficient (Wildman–Crippen LogP) is 2.48. The van der Waals surface area contributed by atoms with Crippen LogP contribution >= 0.6 is 0 Å². The quantitative estimate of drug-likeness (QED) is 0.923. The van der Waals surface area contributed by atoms with Crippen LogP contribution in [0.4, 0.5) is 0 Å². The van der Waals surface area contributed by atoms with E-state index in [1.807, 2.05) is 4.90 Å². The van der Waals surface area contributed by atoms with Gasteiger partial charge in [0, 0.05) is 26.6 Å². The van der Waals surface area contributed by atoms with Gasteiger partial charge in [0.15, 0.2) is 0 Å². The number of fused-ring (bicyclic) bond motifs is 1. The van der Waals surface area contributed by atoms with Gasteiger partial charge in [-0.2, -0.15) is 0 Å². The van der Waals surface area contributed by atoms with Gasteiger partial charge in [0.05, 0.1) is 6.42 Å². The third kappa shape index (κ3) is 4.37. The molecule has 0 saturated carbocycles. The van der Waals surface area contributed by atoms with Gasteiger partial charge in [-0.05, 0) is 61.1 Å². The number of hydrogen-bond donors (Lipinski definition) is 1. The van der Waals surface area contributed by atoms with Crippen LogP contribution in [0.15, 0.2) is 18.2 Å². The molecule has 1 saturated heterocycles. The van der Waals surface area contributed by atoms with Gasteiger partial charge in [-0.3, -0.25) is 9.59 Å². The van der Waals surface area contributed by atoms with Crippen LogP contribution in [0, 0.1) is 5.92 Å². The molecular formula is C20H28N2O2. The highest BCUT2D eigenvalue weighted by Gasteiger charge is 2.23. The van der Waals surface area contributed by atoms with Crippen LogP contribution in [0.5, 0.6) is 0 Å². The number of rotatable bonds is 4. The lowest BCUT2D eigenvalue weighted by Gasteiger charge is -2.32. The zero-order valence-electron chi connectivity index (χ0n) is 14.6. The minimum absolute atomic E-state index is 0.0286. The molecule has 4 heteroatoms. The summed E-state index contributed by atoms with van der Waals surface area (Å²) in [5.74, 6) is 0.770. The Hall–Kier alpha value is -1.84. The zero-order valence-corrected chi connectivity index (χ0v) is 14.6. The van der Waals surface area contributed by atoms with Crippen molar-refractivity contribution in [2.45, 2.75) is 51.9 Å². The first-order valence-electron chi connectivity index (χ1n) is 9.24. The number of nitrogens with one attached hydrogen (secondary N) is 1. The lowest BCUT2D eigenvalue weighted by molar-refractivity contribution is -0.132. The van der Waals surface area contributed by atoms with E-state index in [0.29, 0.717) is 12.3 Å². The minimum Gasteiger partial charge on any atom is -0.356 e. The highest BCUT2D eigenvalue weighted by Crippen LogP contribution is 2.23. The summed E-state index contributed by atoms with van der Waals surface area (Å²) in [5.41, 5.74) is 4.07. The Morgan fingerprint density at radius 3 is 2.54 bits per heavy atom. The fourth-order valence-electron chi connectivity index (χ4n) is 3.86. The summed E-state index contributed by atoms with van der Waals surface area (Å²) in [4.78, 5) is 25.5. The maximum Gasteiger partial charge on any atom is 0.226 e. The Morgan fingerprint density at radius 1 is 1.12 bits per heavy atom. The summed E-state index contributed by atoms with van der Waals surface area (Å²) in [6.07, 6.45) is 7.39. The number of amides is 2. The van der Waals surface area contributed by atoms with Crippen molar-refractivity contribution in [3.63, 3.8) is 0 Å². The molecule has 0 aromatic heterocycles. The number of nitrogens with zero attached hydrogens (tertiary/aromatic N) is 1. The molecule has 0 radical (unpaired) electrons. The Morgan fingerprint density at radius 2 is 1.83 bits per heavy atom. The largest absolute Gasteiger partial charge is 0.356 e. The SMILES string of the molecule is CC(=O)NCC1CCN(C(=O)Cc2ccc3c(c2)CCCC3)CC1. The van der Waals surface area contributed by atoms with Gasteiger partial charge in [0.2, 0.25) is 11.8 Å². The summed E-state index contributed by atoms with van der Waals surface area (Å²) in [6, 6.07) is 6.60. The third-order valence-electron chi connectivity index (χ3n) is 5.38. The molecule has 2 aliphatic rings. The molecule has 1 aromatic rings. The minimum atomic E-state index is 0.0286. The first-order chi connectivity index (χ1) is 11.6. The standard InChI is InChI=1S/C20H28N2O2/c1-15(23)21-14-16-8-10-22(11-9-16)20(24)13-17-6-7-18-4-2-3-5-19(18)12-17/h6-7,12,16H,2-5,8-11,13-14H2,1H3,(H,21,23). The van der Waals surface area contributed by atoms with E-state index in [1.54, 1.807) is 6.92 Å². The molecule has 130 valence electrons. The molecule has 0 spiro atoms. The molecule has 0 bridgehead atoms. The summed E-state index contributed by atoms with van der Waals surface area (Å²) < 4.78 is 0. The van der Waals surface area contributed by atoms with Gasteiger partial charge in [-0.15, -0.1) is 0 Å². The number of carbonyl (C=O) groups is 2. The molecule has 4 nitrogen and oxygen atoms in total. The molecule has 0 unspecified atom stereocenters. The van der Waals surface area contributed by atoms with Crippen molar-refractivity contribution in [1.82, 2.24) is 10.2 Å². The summed E-state index contributed by atoms with van der Waals surface area (Å²) in [6.45, 7) is 3.92. The van der Waals surface area contributed by atoms with Crippen LogP contribution in [-0.2, 0) is 28.9 Å². The van der Waals surface area contributed by atoms with Crippen molar-refractivity contribution in [2.75, 3.05) is 19.6 Å². The molecule has 1 fully saturated rings. The lowest BCUT2D eigenvalue weighted by Crippen LogP contribution is -2.41. The molecule has 2 amide bonds. The highest BCUT2D eigenvalue weighted by atomic mass is 16.2. The molecule has 0 atom stereocenters. The fraction of sp³-hybridized carbons (Fsp3) is 0.600. The van der Waals surface area contributed by atoms with Crippen LogP contribution < -0.4 is 5.32 Å². The maximum absolute atomic E-state index is 12.6. The summed E-state index contributed by atoms with van der Waals surface area (Å²) in [7, 11) is 0. The fourth-order valence-corrected chi connectivity index (χ4v) is 3.86. The number of benzene rings is 1. The number of likely N-dealkylation sites (tertiary alicyclic amines) is 1. The van der Waals surface area contributed by atoms with E-state index in [4.69, 9.17) is 0 Å². The van der Waals surface area contributed by atoms with Crippen molar-refractivity contribution < 1.29 is 9.59 Å². The van der Waals surface area contributed by atoms with Gasteiger partial charge in [0.1, 0.15) is 0 Å². The summed E-state index contributed by atoms with van der Waals surface area (Å²) >= 11 is 0. The Bertz CT molecular complexity index is 604. The van der Waals surface area contributed by atoms with E-state index in [2.05, 4.69) is 23.5 Å². The normalized spacial score (nSPS) is 18.1. The van der Waals surface area contributed by atoms with Gasteiger partial charge in [-0.25, -0.2) is 0 Å². The molecule has 3 rings (SSSR count). The first kappa shape index (κ1) is 17.0. The molecule has 24 heavy (non-hydrogen) atoms. The Kier molecular flexibility index (Phi) is 5.54. The molecule has 1 aliphatic carbocycles. The molecule has 1 aromatic carbocycles. The van der Waals surface area contributed by atoms with Crippen LogP contribution in [-0.4, -0.2) is 36.3 Å². The van der Waals surface area contributed by atoms with Crippen LogP contribution in [0.25, 0.3) is 0 Å². The van der Waals surface area contributed by atoms with Crippen LogP contribution in [0.3, 0.4) is 0 Å². The third-order valence-corrected chi connectivity index (χ3v) is 5.38. The summed E-state index contributed by atoms with van der Waals surface area (Å²) in [5, 5.41) is 2.89. The van der Waals surface area contributed by atoms with E-state index in [-0.39, 0.29) is 11.8 Å². The van der Waals surface area contributed by atoms with E-state index >= 15 is 0 Å². The van der Waals surface area contributed by atoms with E-state index in [0.717, 1.165) is 44.5 Å². The first-order valence-corrected chi connectivity index (χ1v) is 9.24. The number of aryl methyl sites for hydroxylation is 2. The molecule has 1 heterocycles. The molecule has 1 aliphatic heterocycles. The van der Waals surface area contributed by atoms with Crippen LogP contribution in [0.1, 0.15) is 49.3 Å². The maximum atomic E-state index is 12.6. The molecule has 1 N–H and O–H groups in total. The smallest absolute Gasteiger partial charge is 0.226 e. The Labute approximate surface area is 144 Å². The monoisotopic (exact) mass is 328 g/mol. The van der Waals surface area contributed by atoms with Crippen molar-refractivity contribution >= 4 is 11.8 Å². The van der Waals surface area contributed by atoms with E-state index < -0.39 is 0 Å². The average Bonchev–Trinajstić information content (AvgIpc) is 2.60. The second-order valence-corrected chi connectivity index (χ2v) is 7.25. The van der Waals surface area contributed by atoms with Crippen LogP contribution in [0.2, 0.25) is 0 Å². The lowest BCUT2D eigenvalue weighted by atomic mass is 9.90. The van der Waals surface area contributed by atoms with Gasteiger partial charge in [-0.1, -0.05) is 18.2 Å². The predicted molar refractivity (Wildman–Crippen MR) is 94.8 cm³/mol. The van der Waals surface area contributed by atoms with Gasteiger partial charge >= 0.3 is 0 Å². The topological polar surface area (TPSA) is 49.4 Å². The second-order valence-electron chi connectivity index (χ2n) is 7.25. The van der Waals surface area contributed by atoms with Gasteiger partial charge < -0.3 is 10.2 Å². The van der Waals surface area contributed by atoms with E-state index in [9.17, 15) is 9.59 Å². The van der Waals surface area contributed by atoms with Crippen molar-refractivity contribution in [3.8, 4) is 0 Å². The van der Waals surface area contributed by atoms with Gasteiger partial charge in [0.25, 0.3) is 0 Å². The number of hydrogen-bond acceptors (Lipinski definition) is 2. The second kappa shape index (κ2) is 7.82. The zero-order chi connectivity index (χ0) is 16.9. The molecular weight excluding hydrogens is 300 g/mol. The van der Waals surface area contributed by atoms with Crippen molar-refractivity contribution in [3.05, 3.63) is 34.9 Å².